The molecule has 1 heterocycles. The minimum Gasteiger partial charge on any atom is -0.475 e. The van der Waals surface area contributed by atoms with Crippen LogP contribution in [0, 0.1) is 13.8 Å². The molecule has 19 heavy (non-hydrogen) atoms. The summed E-state index contributed by atoms with van der Waals surface area (Å²) in [6.45, 7) is 3.58. The summed E-state index contributed by atoms with van der Waals surface area (Å²) in [5.41, 5.74) is 1.62. The van der Waals surface area contributed by atoms with Crippen molar-refractivity contribution < 1.29 is 18.5 Å². The third-order valence-electron chi connectivity index (χ3n) is 2.86. The molecule has 1 aromatic heterocycles. The fraction of sp³-hybridized carbons (Fsp3) is 0.214. The van der Waals surface area contributed by atoms with E-state index < -0.39 is 16.8 Å². The largest absolute Gasteiger partial charge is 0.475 e. The molecule has 4 nitrogen and oxygen atoms in total. The first-order chi connectivity index (χ1) is 8.99. The van der Waals surface area contributed by atoms with Crippen molar-refractivity contribution in [1.82, 2.24) is 0 Å². The van der Waals surface area contributed by atoms with Crippen LogP contribution in [0.25, 0.3) is 0 Å². The Bertz CT molecular complexity index is 643. The smallest absolute Gasteiger partial charge is 0.371 e. The molecule has 100 valence electrons. The zero-order valence-corrected chi connectivity index (χ0v) is 11.5. The van der Waals surface area contributed by atoms with Gasteiger partial charge in [0.1, 0.15) is 5.76 Å². The highest BCUT2D eigenvalue weighted by Gasteiger charge is 2.16. The maximum absolute atomic E-state index is 12.3. The molecular weight excluding hydrogens is 264 g/mol. The van der Waals surface area contributed by atoms with Crippen molar-refractivity contribution in [3.05, 3.63) is 53.0 Å². The summed E-state index contributed by atoms with van der Waals surface area (Å²) in [7, 11) is -1.21. The second-order valence-corrected chi connectivity index (χ2v) is 5.67. The number of carbonyl (C=O) groups is 1. The molecule has 0 saturated carbocycles. The van der Waals surface area contributed by atoms with Gasteiger partial charge in [0.2, 0.25) is 5.76 Å². The maximum atomic E-state index is 12.3. The molecule has 0 fully saturated rings. The topological polar surface area (TPSA) is 67.5 Å². The third-order valence-corrected chi connectivity index (χ3v) is 4.38. The second-order valence-electron chi connectivity index (χ2n) is 4.25. The van der Waals surface area contributed by atoms with Crippen LogP contribution in [0.2, 0.25) is 0 Å². The van der Waals surface area contributed by atoms with E-state index in [1.165, 1.54) is 6.07 Å². The van der Waals surface area contributed by atoms with Crippen molar-refractivity contribution >= 4 is 16.8 Å². The Morgan fingerprint density at radius 1 is 1.32 bits per heavy atom. The summed E-state index contributed by atoms with van der Waals surface area (Å²) >= 11 is 0. The molecule has 0 bridgehead atoms. The highest BCUT2D eigenvalue weighted by Crippen LogP contribution is 2.21. The van der Waals surface area contributed by atoms with E-state index >= 15 is 0 Å². The first kappa shape index (κ1) is 13.5. The first-order valence-corrected chi connectivity index (χ1v) is 7.07. The Morgan fingerprint density at radius 3 is 2.58 bits per heavy atom. The third kappa shape index (κ3) is 2.93. The summed E-state index contributed by atoms with van der Waals surface area (Å²) in [5.74, 6) is -0.474. The van der Waals surface area contributed by atoms with Crippen LogP contribution in [0.15, 0.2) is 39.6 Å². The number of furan rings is 1. The molecule has 0 amide bonds. The van der Waals surface area contributed by atoms with E-state index in [0.717, 1.165) is 10.5 Å². The fourth-order valence-electron chi connectivity index (χ4n) is 1.80. The minimum atomic E-state index is -1.21. The summed E-state index contributed by atoms with van der Waals surface area (Å²) < 4.78 is 17.4. The van der Waals surface area contributed by atoms with Crippen molar-refractivity contribution in [1.29, 1.82) is 0 Å². The molecule has 0 aliphatic carbocycles. The quantitative estimate of drug-likeness (QED) is 0.933. The lowest BCUT2D eigenvalue weighted by Gasteiger charge is -2.04. The number of benzene rings is 1. The zero-order chi connectivity index (χ0) is 14.0. The number of aromatic carboxylic acids is 1. The van der Waals surface area contributed by atoms with E-state index in [4.69, 9.17) is 9.52 Å². The zero-order valence-electron chi connectivity index (χ0n) is 10.7. The molecule has 1 N–H and O–H groups in total. The van der Waals surface area contributed by atoms with Crippen LogP contribution in [0.4, 0.5) is 0 Å². The monoisotopic (exact) mass is 278 g/mol. The van der Waals surface area contributed by atoms with Gasteiger partial charge in [-0.2, -0.15) is 0 Å². The van der Waals surface area contributed by atoms with Gasteiger partial charge in [-0.3, -0.25) is 4.21 Å². The molecule has 0 radical (unpaired) electrons. The maximum Gasteiger partial charge on any atom is 0.371 e. The molecular formula is C14H14O4S. The fourth-order valence-corrected chi connectivity index (χ4v) is 3.18. The van der Waals surface area contributed by atoms with Crippen LogP contribution in [0.1, 0.15) is 27.4 Å². The van der Waals surface area contributed by atoms with Gasteiger partial charge < -0.3 is 9.52 Å². The van der Waals surface area contributed by atoms with E-state index in [1.807, 2.05) is 31.2 Å². The first-order valence-electron chi connectivity index (χ1n) is 5.75. The Kier molecular flexibility index (Phi) is 3.85. The van der Waals surface area contributed by atoms with E-state index in [0.29, 0.717) is 11.3 Å². The van der Waals surface area contributed by atoms with Gasteiger partial charge in [0, 0.05) is 10.5 Å². The number of hydrogen-bond donors (Lipinski definition) is 1. The van der Waals surface area contributed by atoms with E-state index in [1.54, 1.807) is 6.92 Å². The lowest BCUT2D eigenvalue weighted by molar-refractivity contribution is 0.0661. The Hall–Kier alpha value is -1.88. The van der Waals surface area contributed by atoms with E-state index in [-0.39, 0.29) is 11.5 Å². The van der Waals surface area contributed by atoms with E-state index in [2.05, 4.69) is 0 Å². The van der Waals surface area contributed by atoms with Crippen LogP contribution in [0.5, 0.6) is 0 Å². The van der Waals surface area contributed by atoms with Crippen molar-refractivity contribution in [2.45, 2.75) is 24.5 Å². The Morgan fingerprint density at radius 2 is 2.00 bits per heavy atom. The molecule has 0 saturated heterocycles. The van der Waals surface area contributed by atoms with Crippen molar-refractivity contribution in [3.8, 4) is 0 Å². The van der Waals surface area contributed by atoms with Gasteiger partial charge in [-0.15, -0.1) is 0 Å². The van der Waals surface area contributed by atoms with Crippen LogP contribution in [-0.4, -0.2) is 15.3 Å². The summed E-state index contributed by atoms with van der Waals surface area (Å²) in [5, 5.41) is 8.85. The molecule has 2 aromatic rings. The van der Waals surface area contributed by atoms with Gasteiger partial charge >= 0.3 is 5.97 Å². The molecule has 1 atom stereocenters. The number of hydrogen-bond acceptors (Lipinski definition) is 3. The van der Waals surface area contributed by atoms with Gasteiger partial charge in [-0.25, -0.2) is 4.79 Å². The van der Waals surface area contributed by atoms with Crippen LogP contribution < -0.4 is 0 Å². The highest BCUT2D eigenvalue weighted by atomic mass is 32.2. The molecule has 5 heteroatoms. The van der Waals surface area contributed by atoms with Crippen molar-refractivity contribution in [2.24, 2.45) is 0 Å². The van der Waals surface area contributed by atoms with Crippen LogP contribution in [0.3, 0.4) is 0 Å². The normalized spacial score (nSPS) is 12.3. The van der Waals surface area contributed by atoms with Gasteiger partial charge in [0.25, 0.3) is 0 Å². The molecule has 2 rings (SSSR count). The molecule has 0 aliphatic heterocycles. The van der Waals surface area contributed by atoms with Gasteiger partial charge in [0.15, 0.2) is 0 Å². The van der Waals surface area contributed by atoms with Gasteiger partial charge in [-0.1, -0.05) is 18.2 Å². The number of aryl methyl sites for hydroxylation is 2. The summed E-state index contributed by atoms with van der Waals surface area (Å²) in [4.78, 5) is 11.6. The second kappa shape index (κ2) is 5.40. The highest BCUT2D eigenvalue weighted by molar-refractivity contribution is 7.84. The average molecular weight is 278 g/mol. The summed E-state index contributed by atoms with van der Waals surface area (Å²) in [6, 6.07) is 8.89. The predicted molar refractivity (Wildman–Crippen MR) is 71.7 cm³/mol. The van der Waals surface area contributed by atoms with Crippen LogP contribution in [-0.2, 0) is 16.6 Å². The standard InChI is InChI=1S/C14H14O4S/c1-9-5-3-4-6-13(9)19(17)8-11-7-12(14(15)16)18-10(11)2/h3-7H,8H2,1-2H3,(H,15,16). The predicted octanol–water partition coefficient (Wildman–Crippen LogP) is 2.90. The van der Waals surface area contributed by atoms with Gasteiger partial charge in [0.05, 0.1) is 16.6 Å². The van der Waals surface area contributed by atoms with Crippen molar-refractivity contribution in [3.63, 3.8) is 0 Å². The SMILES string of the molecule is Cc1ccccc1S(=O)Cc1cc(C(=O)O)oc1C. The summed E-state index contributed by atoms with van der Waals surface area (Å²) in [6.07, 6.45) is 0. The van der Waals surface area contributed by atoms with Gasteiger partial charge in [-0.05, 0) is 31.5 Å². The van der Waals surface area contributed by atoms with Crippen molar-refractivity contribution in [2.75, 3.05) is 0 Å². The number of rotatable bonds is 4. The average Bonchev–Trinajstić information content (AvgIpc) is 2.71. The lowest BCUT2D eigenvalue weighted by atomic mass is 10.2. The minimum absolute atomic E-state index is 0.116. The molecule has 1 aromatic carbocycles. The Labute approximate surface area is 113 Å². The molecule has 0 spiro atoms. The lowest BCUT2D eigenvalue weighted by Crippen LogP contribution is -1.99. The molecule has 0 aliphatic rings. The Balaban J connectivity index is 2.24. The number of carboxylic acids is 1. The van der Waals surface area contributed by atoms with Crippen LogP contribution >= 0.6 is 0 Å². The number of carboxylic acid groups (broad SMARTS) is 1. The molecule has 1 unspecified atom stereocenters. The van der Waals surface area contributed by atoms with E-state index in [9.17, 15) is 9.00 Å².